The van der Waals surface area contributed by atoms with Crippen molar-refractivity contribution in [2.45, 2.75) is 6.42 Å². The van der Waals surface area contributed by atoms with Gasteiger partial charge in [-0.15, -0.1) is 11.3 Å². The first-order valence-electron chi connectivity index (χ1n) is 6.66. The molecule has 0 aliphatic heterocycles. The van der Waals surface area contributed by atoms with Crippen LogP contribution in [-0.4, -0.2) is 17.7 Å². The minimum Gasteiger partial charge on any atom is -0.493 e. The van der Waals surface area contributed by atoms with Crippen molar-refractivity contribution in [1.82, 2.24) is 0 Å². The van der Waals surface area contributed by atoms with E-state index < -0.39 is 5.97 Å². The summed E-state index contributed by atoms with van der Waals surface area (Å²) in [5, 5.41) is 12.8. The number of carbonyl (C=O) groups is 1. The van der Waals surface area contributed by atoms with E-state index in [1.165, 1.54) is 4.88 Å². The molecule has 106 valence electrons. The number of carboxylic acid groups (broad SMARTS) is 1. The summed E-state index contributed by atoms with van der Waals surface area (Å²) >= 11 is 1.71. The molecule has 0 saturated heterocycles. The van der Waals surface area contributed by atoms with E-state index in [1.54, 1.807) is 23.5 Å². The molecule has 0 atom stereocenters. The fraction of sp³-hybridized carbons (Fsp3) is 0.118. The van der Waals surface area contributed by atoms with Gasteiger partial charge in [0.2, 0.25) is 0 Å². The maximum absolute atomic E-state index is 11.3. The minimum absolute atomic E-state index is 0.302. The van der Waals surface area contributed by atoms with Gasteiger partial charge < -0.3 is 9.84 Å². The quantitative estimate of drug-likeness (QED) is 0.767. The normalized spacial score (nSPS) is 10.7. The Labute approximate surface area is 126 Å². The second-order valence-electron chi connectivity index (χ2n) is 4.64. The van der Waals surface area contributed by atoms with Gasteiger partial charge in [0.15, 0.2) is 0 Å². The molecule has 1 aromatic heterocycles. The van der Waals surface area contributed by atoms with Crippen LogP contribution in [0.1, 0.15) is 15.2 Å². The lowest BCUT2D eigenvalue weighted by Gasteiger charge is -2.10. The zero-order chi connectivity index (χ0) is 14.7. The summed E-state index contributed by atoms with van der Waals surface area (Å²) in [6.45, 7) is 0.580. The summed E-state index contributed by atoms with van der Waals surface area (Å²) in [6.07, 6.45) is 0.854. The van der Waals surface area contributed by atoms with Crippen LogP contribution < -0.4 is 4.74 Å². The molecule has 3 rings (SSSR count). The lowest BCUT2D eigenvalue weighted by molar-refractivity contribution is 0.0699. The Balaban J connectivity index is 1.85. The maximum atomic E-state index is 11.3. The van der Waals surface area contributed by atoms with Crippen LogP contribution in [-0.2, 0) is 6.42 Å². The maximum Gasteiger partial charge on any atom is 0.336 e. The van der Waals surface area contributed by atoms with Gasteiger partial charge in [-0.05, 0) is 29.0 Å². The SMILES string of the molecule is O=C(O)c1ccc(OCCc2cccs2)c2ccccc12. The van der Waals surface area contributed by atoms with Crippen molar-refractivity contribution in [1.29, 1.82) is 0 Å². The van der Waals surface area contributed by atoms with Gasteiger partial charge in [-0.1, -0.05) is 30.3 Å². The average Bonchev–Trinajstić information content (AvgIpc) is 3.00. The molecule has 1 N–H and O–H groups in total. The van der Waals surface area contributed by atoms with Crippen molar-refractivity contribution in [3.63, 3.8) is 0 Å². The van der Waals surface area contributed by atoms with Gasteiger partial charge in [-0.2, -0.15) is 0 Å². The van der Waals surface area contributed by atoms with Crippen LogP contribution in [0.2, 0.25) is 0 Å². The van der Waals surface area contributed by atoms with E-state index in [4.69, 9.17) is 4.74 Å². The summed E-state index contributed by atoms with van der Waals surface area (Å²) in [5.41, 5.74) is 0.302. The number of hydrogen-bond acceptors (Lipinski definition) is 3. The Morgan fingerprint density at radius 2 is 1.86 bits per heavy atom. The third-order valence-corrected chi connectivity index (χ3v) is 4.24. The summed E-state index contributed by atoms with van der Waals surface area (Å²) < 4.78 is 5.84. The lowest BCUT2D eigenvalue weighted by atomic mass is 10.0. The molecular weight excluding hydrogens is 284 g/mol. The molecule has 0 aliphatic rings. The van der Waals surface area contributed by atoms with Gasteiger partial charge in [-0.3, -0.25) is 0 Å². The molecule has 21 heavy (non-hydrogen) atoms. The van der Waals surface area contributed by atoms with Crippen molar-refractivity contribution < 1.29 is 14.6 Å². The molecule has 0 radical (unpaired) electrons. The predicted octanol–water partition coefficient (Wildman–Crippen LogP) is 4.22. The predicted molar refractivity (Wildman–Crippen MR) is 84.4 cm³/mol. The van der Waals surface area contributed by atoms with Crippen LogP contribution in [0.3, 0.4) is 0 Å². The Bertz CT molecular complexity index is 763. The van der Waals surface area contributed by atoms with Gasteiger partial charge in [0, 0.05) is 16.7 Å². The average molecular weight is 298 g/mol. The molecule has 0 aliphatic carbocycles. The highest BCUT2D eigenvalue weighted by Gasteiger charge is 2.11. The third kappa shape index (κ3) is 2.90. The topological polar surface area (TPSA) is 46.5 Å². The number of hydrogen-bond donors (Lipinski definition) is 1. The van der Waals surface area contributed by atoms with E-state index in [0.29, 0.717) is 17.6 Å². The first-order valence-corrected chi connectivity index (χ1v) is 7.54. The molecule has 0 saturated carbocycles. The molecule has 2 aromatic carbocycles. The Kier molecular flexibility index (Phi) is 3.88. The molecule has 0 amide bonds. The Morgan fingerprint density at radius 3 is 2.57 bits per heavy atom. The van der Waals surface area contributed by atoms with E-state index in [1.807, 2.05) is 35.7 Å². The Hall–Kier alpha value is -2.33. The molecule has 0 fully saturated rings. The summed E-state index contributed by atoms with van der Waals surface area (Å²) in [7, 11) is 0. The van der Waals surface area contributed by atoms with Gasteiger partial charge in [0.1, 0.15) is 5.75 Å². The van der Waals surface area contributed by atoms with Crippen molar-refractivity contribution in [3.05, 3.63) is 64.4 Å². The van der Waals surface area contributed by atoms with Crippen LogP contribution in [0.4, 0.5) is 0 Å². The van der Waals surface area contributed by atoms with Crippen LogP contribution in [0, 0.1) is 0 Å². The van der Waals surface area contributed by atoms with Gasteiger partial charge in [-0.25, -0.2) is 4.79 Å². The zero-order valence-corrected chi connectivity index (χ0v) is 12.1. The number of carboxylic acids is 1. The fourth-order valence-electron chi connectivity index (χ4n) is 2.30. The number of thiophene rings is 1. The zero-order valence-electron chi connectivity index (χ0n) is 11.3. The Morgan fingerprint density at radius 1 is 1.05 bits per heavy atom. The number of benzene rings is 2. The smallest absolute Gasteiger partial charge is 0.336 e. The van der Waals surface area contributed by atoms with E-state index in [0.717, 1.165) is 17.6 Å². The van der Waals surface area contributed by atoms with Crippen molar-refractivity contribution in [2.75, 3.05) is 6.61 Å². The molecule has 3 nitrogen and oxygen atoms in total. The number of ether oxygens (including phenoxy) is 1. The van der Waals surface area contributed by atoms with Crippen LogP contribution >= 0.6 is 11.3 Å². The molecule has 0 bridgehead atoms. The number of fused-ring (bicyclic) bond motifs is 1. The molecule has 3 aromatic rings. The van der Waals surface area contributed by atoms with Gasteiger partial charge in [0.25, 0.3) is 0 Å². The molecule has 0 unspecified atom stereocenters. The van der Waals surface area contributed by atoms with Crippen LogP contribution in [0.15, 0.2) is 53.9 Å². The largest absolute Gasteiger partial charge is 0.493 e. The molecule has 1 heterocycles. The standard InChI is InChI=1S/C17H14O3S/c18-17(19)15-7-8-16(14-6-2-1-5-13(14)15)20-10-9-12-4-3-11-21-12/h1-8,11H,9-10H2,(H,18,19). The molecule has 0 spiro atoms. The van der Waals surface area contributed by atoms with Crippen LogP contribution in [0.5, 0.6) is 5.75 Å². The first-order chi connectivity index (χ1) is 10.3. The van der Waals surface area contributed by atoms with Crippen molar-refractivity contribution >= 4 is 28.1 Å². The fourth-order valence-corrected chi connectivity index (χ4v) is 2.99. The van der Waals surface area contributed by atoms with Crippen molar-refractivity contribution in [3.8, 4) is 5.75 Å². The monoisotopic (exact) mass is 298 g/mol. The van der Waals surface area contributed by atoms with Crippen molar-refractivity contribution in [2.24, 2.45) is 0 Å². The van der Waals surface area contributed by atoms with Crippen LogP contribution in [0.25, 0.3) is 10.8 Å². The number of aromatic carboxylic acids is 1. The number of rotatable bonds is 5. The highest BCUT2D eigenvalue weighted by molar-refractivity contribution is 7.09. The second-order valence-corrected chi connectivity index (χ2v) is 5.67. The molecular formula is C17H14O3S. The van der Waals surface area contributed by atoms with Gasteiger partial charge in [0.05, 0.1) is 12.2 Å². The summed E-state index contributed by atoms with van der Waals surface area (Å²) in [5.74, 6) is -0.191. The second kappa shape index (κ2) is 5.97. The third-order valence-electron chi connectivity index (χ3n) is 3.30. The first kappa shape index (κ1) is 13.6. The van der Waals surface area contributed by atoms with Gasteiger partial charge >= 0.3 is 5.97 Å². The molecule has 4 heteroatoms. The summed E-state index contributed by atoms with van der Waals surface area (Å²) in [6, 6.07) is 14.9. The summed E-state index contributed by atoms with van der Waals surface area (Å²) in [4.78, 5) is 12.5. The van der Waals surface area contributed by atoms with E-state index in [-0.39, 0.29) is 0 Å². The van der Waals surface area contributed by atoms with E-state index in [9.17, 15) is 9.90 Å². The van der Waals surface area contributed by atoms with E-state index in [2.05, 4.69) is 6.07 Å². The highest BCUT2D eigenvalue weighted by atomic mass is 32.1. The minimum atomic E-state index is -0.920. The van der Waals surface area contributed by atoms with E-state index >= 15 is 0 Å². The highest BCUT2D eigenvalue weighted by Crippen LogP contribution is 2.28. The lowest BCUT2D eigenvalue weighted by Crippen LogP contribution is -2.02.